The lowest BCUT2D eigenvalue weighted by Crippen LogP contribution is -2.33. The summed E-state index contributed by atoms with van der Waals surface area (Å²) >= 11 is 0. The summed E-state index contributed by atoms with van der Waals surface area (Å²) in [6, 6.07) is 14.9. The van der Waals surface area contributed by atoms with E-state index in [1.165, 1.54) is 24.3 Å². The van der Waals surface area contributed by atoms with Crippen molar-refractivity contribution in [2.45, 2.75) is 25.4 Å². The van der Waals surface area contributed by atoms with Crippen LogP contribution in [0.2, 0.25) is 0 Å². The van der Waals surface area contributed by atoms with Crippen LogP contribution < -0.4 is 10.1 Å². The molecule has 38 heavy (non-hydrogen) atoms. The fourth-order valence-electron chi connectivity index (χ4n) is 4.28. The molecule has 11 nitrogen and oxygen atoms in total. The molecular formula is C27H25N3O8. The number of carbonyl (C=O) groups is 2. The van der Waals surface area contributed by atoms with Gasteiger partial charge in [0.05, 0.1) is 41.8 Å². The van der Waals surface area contributed by atoms with Crippen molar-refractivity contribution in [3.05, 3.63) is 92.3 Å². The molecule has 0 spiro atoms. The molecule has 2 atom stereocenters. The van der Waals surface area contributed by atoms with Gasteiger partial charge in [0, 0.05) is 24.3 Å². The zero-order chi connectivity index (χ0) is 27.2. The van der Waals surface area contributed by atoms with Gasteiger partial charge in [0.15, 0.2) is 0 Å². The Kier molecular flexibility index (Phi) is 8.03. The minimum atomic E-state index is -1.13. The number of hydrogen-bond acceptors (Lipinski definition) is 10. The molecule has 2 heterocycles. The number of carbonyl (C=O) groups excluding carboxylic acids is 2. The van der Waals surface area contributed by atoms with Gasteiger partial charge in [-0.1, -0.05) is 30.3 Å². The van der Waals surface area contributed by atoms with Gasteiger partial charge >= 0.3 is 11.9 Å². The molecule has 0 amide bonds. The minimum Gasteiger partial charge on any atom is -0.490 e. The first-order chi connectivity index (χ1) is 18.3. The molecule has 0 aromatic heterocycles. The van der Waals surface area contributed by atoms with Gasteiger partial charge in [-0.15, -0.1) is 0 Å². The van der Waals surface area contributed by atoms with Crippen LogP contribution in [-0.2, 0) is 30.2 Å². The molecule has 4 rings (SSSR count). The van der Waals surface area contributed by atoms with Gasteiger partial charge in [-0.3, -0.25) is 10.1 Å². The second-order valence-corrected chi connectivity index (χ2v) is 8.59. The number of nitro benzene ring substituents is 1. The summed E-state index contributed by atoms with van der Waals surface area (Å²) in [6.45, 7) is 2.24. The number of para-hydroxylation sites is 1. The molecule has 1 fully saturated rings. The Hall–Kier alpha value is -4.69. The molecule has 2 aliphatic heterocycles. The third kappa shape index (κ3) is 5.82. The third-order valence-electron chi connectivity index (χ3n) is 6.11. The van der Waals surface area contributed by atoms with Crippen molar-refractivity contribution >= 4 is 17.6 Å². The number of epoxide rings is 1. The first-order valence-electron chi connectivity index (χ1n) is 11.8. The highest BCUT2D eigenvalue weighted by Crippen LogP contribution is 2.40. The second kappa shape index (κ2) is 11.6. The van der Waals surface area contributed by atoms with Gasteiger partial charge in [0.25, 0.3) is 5.69 Å². The molecule has 0 aliphatic carbocycles. The number of dihydropyridines is 1. The third-order valence-corrected chi connectivity index (χ3v) is 6.11. The Morgan fingerprint density at radius 2 is 1.92 bits per heavy atom. The van der Waals surface area contributed by atoms with E-state index in [1.807, 2.05) is 30.3 Å². The Bertz CT molecular complexity index is 1370. The standard InChI is InChI=1S/C27H25N3O8/c1-16-23(27(32)37-11-10-36-22-9-4-3-6-17(22)13-20-15-38-20)24(18-7-5-8-19(12-18)30(33)34)25(26(31)35-2)21(14-28)29-16/h3-9,12,20,24,29H,10-11,13,15H2,1-2H3. The molecule has 0 radical (unpaired) electrons. The maximum atomic E-state index is 13.3. The van der Waals surface area contributed by atoms with E-state index in [0.717, 1.165) is 25.7 Å². The predicted octanol–water partition coefficient (Wildman–Crippen LogP) is 3.07. The van der Waals surface area contributed by atoms with Crippen molar-refractivity contribution in [2.24, 2.45) is 0 Å². The summed E-state index contributed by atoms with van der Waals surface area (Å²) in [5.74, 6) is -2.10. The number of ether oxygens (including phenoxy) is 4. The van der Waals surface area contributed by atoms with Crippen LogP contribution >= 0.6 is 0 Å². The van der Waals surface area contributed by atoms with Crippen molar-refractivity contribution in [3.63, 3.8) is 0 Å². The van der Waals surface area contributed by atoms with Crippen molar-refractivity contribution < 1.29 is 33.5 Å². The van der Waals surface area contributed by atoms with Crippen LogP contribution in [0.15, 0.2) is 71.1 Å². The quantitative estimate of drug-likeness (QED) is 0.163. The number of methoxy groups -OCH3 is 1. The monoisotopic (exact) mass is 519 g/mol. The highest BCUT2D eigenvalue weighted by molar-refractivity contribution is 6.00. The van der Waals surface area contributed by atoms with E-state index in [9.17, 15) is 25.0 Å². The molecule has 2 aromatic carbocycles. The SMILES string of the molecule is COC(=O)C1=C(C#N)NC(C)=C(C(=O)OCCOc2ccccc2CC2CO2)C1c1cccc([N+](=O)[O-])c1. The van der Waals surface area contributed by atoms with Gasteiger partial charge < -0.3 is 24.3 Å². The van der Waals surface area contributed by atoms with E-state index in [-0.39, 0.29) is 53.1 Å². The first-order valence-corrected chi connectivity index (χ1v) is 11.8. The van der Waals surface area contributed by atoms with Gasteiger partial charge in [0.2, 0.25) is 0 Å². The van der Waals surface area contributed by atoms with E-state index >= 15 is 0 Å². The molecule has 196 valence electrons. The maximum absolute atomic E-state index is 13.3. The van der Waals surface area contributed by atoms with Gasteiger partial charge in [-0.2, -0.15) is 5.26 Å². The van der Waals surface area contributed by atoms with Gasteiger partial charge in [0.1, 0.15) is 30.7 Å². The lowest BCUT2D eigenvalue weighted by Gasteiger charge is -2.29. The summed E-state index contributed by atoms with van der Waals surface area (Å²) in [7, 11) is 1.14. The molecule has 11 heteroatoms. The summed E-state index contributed by atoms with van der Waals surface area (Å²) < 4.78 is 21.5. The number of non-ortho nitro benzene ring substituents is 1. The molecule has 2 aromatic rings. The van der Waals surface area contributed by atoms with Crippen molar-refractivity contribution in [1.29, 1.82) is 5.26 Å². The van der Waals surface area contributed by atoms with Gasteiger partial charge in [-0.05, 0) is 24.1 Å². The molecule has 0 bridgehead atoms. The lowest BCUT2D eigenvalue weighted by atomic mass is 9.80. The summed E-state index contributed by atoms with van der Waals surface area (Å²) in [5.41, 5.74) is 1.02. The number of nitrogens with zero attached hydrogens (tertiary/aromatic N) is 2. The Balaban J connectivity index is 1.56. The number of esters is 2. The molecule has 2 aliphatic rings. The zero-order valence-electron chi connectivity index (χ0n) is 20.8. The number of allylic oxidation sites excluding steroid dienone is 2. The predicted molar refractivity (Wildman–Crippen MR) is 133 cm³/mol. The average molecular weight is 520 g/mol. The van der Waals surface area contributed by atoms with Crippen LogP contribution in [0.1, 0.15) is 24.0 Å². The highest BCUT2D eigenvalue weighted by atomic mass is 16.6. The average Bonchev–Trinajstić information content (AvgIpc) is 3.74. The van der Waals surface area contributed by atoms with E-state index in [1.54, 1.807) is 6.92 Å². The van der Waals surface area contributed by atoms with Crippen LogP contribution in [0.25, 0.3) is 0 Å². The van der Waals surface area contributed by atoms with Crippen LogP contribution in [0.5, 0.6) is 5.75 Å². The largest absolute Gasteiger partial charge is 0.490 e. The molecular weight excluding hydrogens is 494 g/mol. The van der Waals surface area contributed by atoms with Crippen LogP contribution in [0.4, 0.5) is 5.69 Å². The first kappa shape index (κ1) is 26.4. The maximum Gasteiger partial charge on any atom is 0.337 e. The smallest absolute Gasteiger partial charge is 0.337 e. The molecule has 0 saturated carbocycles. The van der Waals surface area contributed by atoms with E-state index < -0.39 is 22.8 Å². The van der Waals surface area contributed by atoms with E-state index in [4.69, 9.17) is 18.9 Å². The highest BCUT2D eigenvalue weighted by Gasteiger charge is 2.39. The number of nitrogens with one attached hydrogen (secondary N) is 1. The fourth-order valence-corrected chi connectivity index (χ4v) is 4.28. The molecule has 1 saturated heterocycles. The second-order valence-electron chi connectivity index (χ2n) is 8.59. The normalized spacial score (nSPS) is 18.2. The van der Waals surface area contributed by atoms with E-state index in [0.29, 0.717) is 5.75 Å². The van der Waals surface area contributed by atoms with Crippen LogP contribution in [-0.4, -0.2) is 49.9 Å². The van der Waals surface area contributed by atoms with Crippen LogP contribution in [0, 0.1) is 21.4 Å². The number of nitro groups is 1. The summed E-state index contributed by atoms with van der Waals surface area (Å²) in [6.07, 6.45) is 0.912. The Morgan fingerprint density at radius 1 is 1.16 bits per heavy atom. The number of nitriles is 1. The van der Waals surface area contributed by atoms with Crippen molar-refractivity contribution in [2.75, 3.05) is 26.9 Å². The molecule has 2 unspecified atom stereocenters. The van der Waals surface area contributed by atoms with Gasteiger partial charge in [-0.25, -0.2) is 9.59 Å². The van der Waals surface area contributed by atoms with Crippen molar-refractivity contribution in [1.82, 2.24) is 5.32 Å². The lowest BCUT2D eigenvalue weighted by molar-refractivity contribution is -0.384. The summed E-state index contributed by atoms with van der Waals surface area (Å²) in [5, 5.41) is 23.8. The number of rotatable bonds is 10. The van der Waals surface area contributed by atoms with Crippen molar-refractivity contribution in [3.8, 4) is 11.8 Å². The topological polar surface area (TPSA) is 153 Å². The number of hydrogen-bond donors (Lipinski definition) is 1. The minimum absolute atomic E-state index is 0.0242. The number of benzene rings is 2. The summed E-state index contributed by atoms with van der Waals surface area (Å²) in [4.78, 5) is 36.9. The van der Waals surface area contributed by atoms with Crippen LogP contribution in [0.3, 0.4) is 0 Å². The molecule has 1 N–H and O–H groups in total. The zero-order valence-corrected chi connectivity index (χ0v) is 20.8. The fraction of sp³-hybridized carbons (Fsp3) is 0.296. The van der Waals surface area contributed by atoms with E-state index in [2.05, 4.69) is 5.32 Å². The Labute approximate surface area is 218 Å². The Morgan fingerprint density at radius 3 is 2.61 bits per heavy atom.